The monoisotopic (exact) mass is 177 g/mol. The molecule has 1 heterocycles. The Morgan fingerprint density at radius 3 is 2.69 bits per heavy atom. The number of hydrogen-bond donors (Lipinski definition) is 1. The maximum absolute atomic E-state index is 4.15. The van der Waals surface area contributed by atoms with Gasteiger partial charge in [0.2, 0.25) is 0 Å². The van der Waals surface area contributed by atoms with Crippen molar-refractivity contribution in [2.24, 2.45) is 0 Å². The van der Waals surface area contributed by atoms with Crippen molar-refractivity contribution in [3.05, 3.63) is 24.0 Å². The predicted molar refractivity (Wildman–Crippen MR) is 51.2 cm³/mol. The molecule has 0 amide bonds. The van der Waals surface area contributed by atoms with Gasteiger partial charge in [-0.05, 0) is 38.8 Å². The lowest BCUT2D eigenvalue weighted by atomic mass is 10.1. The molecule has 2 rings (SSSR count). The summed E-state index contributed by atoms with van der Waals surface area (Å²) in [5, 5.41) is 11.6. The van der Waals surface area contributed by atoms with E-state index in [1.807, 2.05) is 6.07 Å². The molecule has 13 heavy (non-hydrogen) atoms. The van der Waals surface area contributed by atoms with Gasteiger partial charge in [0.15, 0.2) is 0 Å². The maximum atomic E-state index is 4.15. The Hall–Kier alpha value is -0.960. The standard InChI is InChI=1S/C10H15N3/c1-8(2)12-10(5-6-10)9-4-3-7-11-13-9/h3-4,7-8,12H,5-6H2,1-2H3. The van der Waals surface area contributed by atoms with E-state index >= 15 is 0 Å². The van der Waals surface area contributed by atoms with E-state index in [2.05, 4.69) is 35.4 Å². The Bertz CT molecular complexity index is 277. The Morgan fingerprint density at radius 1 is 1.46 bits per heavy atom. The molecular formula is C10H15N3. The second-order valence-electron chi connectivity index (χ2n) is 3.99. The molecule has 3 heteroatoms. The van der Waals surface area contributed by atoms with Gasteiger partial charge in [-0.15, -0.1) is 0 Å². The lowest BCUT2D eigenvalue weighted by Gasteiger charge is -2.18. The normalized spacial score (nSPS) is 19.0. The summed E-state index contributed by atoms with van der Waals surface area (Å²) in [6.45, 7) is 4.33. The van der Waals surface area contributed by atoms with E-state index in [-0.39, 0.29) is 5.54 Å². The number of nitrogens with zero attached hydrogens (tertiary/aromatic N) is 2. The van der Waals surface area contributed by atoms with Gasteiger partial charge in [0, 0.05) is 12.2 Å². The fourth-order valence-electron chi connectivity index (χ4n) is 1.71. The Morgan fingerprint density at radius 2 is 2.23 bits per heavy atom. The lowest BCUT2D eigenvalue weighted by molar-refractivity contribution is 0.448. The quantitative estimate of drug-likeness (QED) is 0.759. The van der Waals surface area contributed by atoms with Crippen LogP contribution >= 0.6 is 0 Å². The zero-order valence-electron chi connectivity index (χ0n) is 8.12. The van der Waals surface area contributed by atoms with Gasteiger partial charge in [-0.3, -0.25) is 0 Å². The average molecular weight is 177 g/mol. The lowest BCUT2D eigenvalue weighted by Crippen LogP contribution is -2.35. The van der Waals surface area contributed by atoms with Crippen LogP contribution in [0.15, 0.2) is 18.3 Å². The van der Waals surface area contributed by atoms with Crippen LogP contribution in [0.1, 0.15) is 32.4 Å². The smallest absolute Gasteiger partial charge is 0.0831 e. The van der Waals surface area contributed by atoms with Crippen molar-refractivity contribution in [1.29, 1.82) is 0 Å². The first kappa shape index (κ1) is 8.63. The maximum Gasteiger partial charge on any atom is 0.0831 e. The van der Waals surface area contributed by atoms with Crippen molar-refractivity contribution in [2.75, 3.05) is 0 Å². The first-order valence-electron chi connectivity index (χ1n) is 4.79. The molecule has 0 unspecified atom stereocenters. The van der Waals surface area contributed by atoms with Crippen LogP contribution in [0.4, 0.5) is 0 Å². The Balaban J connectivity index is 2.16. The fourth-order valence-corrected chi connectivity index (χ4v) is 1.71. The number of aromatic nitrogens is 2. The molecule has 0 spiro atoms. The van der Waals surface area contributed by atoms with Gasteiger partial charge < -0.3 is 5.32 Å². The molecule has 1 N–H and O–H groups in total. The molecule has 1 aromatic heterocycles. The first-order chi connectivity index (χ1) is 6.23. The van der Waals surface area contributed by atoms with Crippen LogP contribution < -0.4 is 5.32 Å². The van der Waals surface area contributed by atoms with Crippen LogP contribution in [-0.2, 0) is 5.54 Å². The van der Waals surface area contributed by atoms with E-state index in [1.54, 1.807) is 6.20 Å². The minimum atomic E-state index is 0.141. The molecule has 3 nitrogen and oxygen atoms in total. The van der Waals surface area contributed by atoms with Crippen LogP contribution in [0.2, 0.25) is 0 Å². The summed E-state index contributed by atoms with van der Waals surface area (Å²) in [6.07, 6.45) is 4.09. The predicted octanol–water partition coefficient (Wildman–Crippen LogP) is 1.46. The molecule has 0 aromatic carbocycles. The summed E-state index contributed by atoms with van der Waals surface area (Å²) in [6, 6.07) is 4.50. The third-order valence-electron chi connectivity index (χ3n) is 2.38. The van der Waals surface area contributed by atoms with Crippen molar-refractivity contribution in [3.63, 3.8) is 0 Å². The van der Waals surface area contributed by atoms with E-state index in [1.165, 1.54) is 12.8 Å². The molecule has 0 radical (unpaired) electrons. The van der Waals surface area contributed by atoms with Crippen molar-refractivity contribution in [3.8, 4) is 0 Å². The summed E-state index contributed by atoms with van der Waals surface area (Å²) in [5.41, 5.74) is 1.23. The molecule has 70 valence electrons. The second kappa shape index (κ2) is 3.07. The molecule has 1 fully saturated rings. The molecule has 1 saturated carbocycles. The average Bonchev–Trinajstić information content (AvgIpc) is 2.86. The summed E-state index contributed by atoms with van der Waals surface area (Å²) < 4.78 is 0. The fraction of sp³-hybridized carbons (Fsp3) is 0.600. The van der Waals surface area contributed by atoms with E-state index in [9.17, 15) is 0 Å². The van der Waals surface area contributed by atoms with Crippen LogP contribution in [0.3, 0.4) is 0 Å². The number of rotatable bonds is 3. The highest BCUT2D eigenvalue weighted by atomic mass is 15.2. The summed E-state index contributed by atoms with van der Waals surface area (Å²) in [4.78, 5) is 0. The van der Waals surface area contributed by atoms with Crippen LogP contribution in [0.5, 0.6) is 0 Å². The van der Waals surface area contributed by atoms with Gasteiger partial charge in [0.1, 0.15) is 0 Å². The molecule has 1 aliphatic carbocycles. The third kappa shape index (κ3) is 1.70. The zero-order chi connectivity index (χ0) is 9.31. The van der Waals surface area contributed by atoms with E-state index < -0.39 is 0 Å². The van der Waals surface area contributed by atoms with E-state index in [4.69, 9.17) is 0 Å². The molecule has 1 aromatic rings. The number of hydrogen-bond acceptors (Lipinski definition) is 3. The van der Waals surface area contributed by atoms with Gasteiger partial charge in [0.05, 0.1) is 11.2 Å². The molecule has 0 bridgehead atoms. The minimum Gasteiger partial charge on any atom is -0.304 e. The highest BCUT2D eigenvalue weighted by molar-refractivity contribution is 5.21. The topological polar surface area (TPSA) is 37.8 Å². The van der Waals surface area contributed by atoms with Crippen molar-refractivity contribution in [1.82, 2.24) is 15.5 Å². The van der Waals surface area contributed by atoms with Gasteiger partial charge in [0.25, 0.3) is 0 Å². The summed E-state index contributed by atoms with van der Waals surface area (Å²) in [5.74, 6) is 0. The minimum absolute atomic E-state index is 0.141. The van der Waals surface area contributed by atoms with Gasteiger partial charge >= 0.3 is 0 Å². The summed E-state index contributed by atoms with van der Waals surface area (Å²) in [7, 11) is 0. The van der Waals surface area contributed by atoms with Crippen molar-refractivity contribution >= 4 is 0 Å². The first-order valence-corrected chi connectivity index (χ1v) is 4.79. The molecule has 0 saturated heterocycles. The third-order valence-corrected chi connectivity index (χ3v) is 2.38. The second-order valence-corrected chi connectivity index (χ2v) is 3.99. The zero-order valence-corrected chi connectivity index (χ0v) is 8.12. The van der Waals surface area contributed by atoms with Gasteiger partial charge in [-0.2, -0.15) is 10.2 Å². The highest BCUT2D eigenvalue weighted by Gasteiger charge is 2.45. The highest BCUT2D eigenvalue weighted by Crippen LogP contribution is 2.44. The molecule has 0 aliphatic heterocycles. The van der Waals surface area contributed by atoms with Crippen LogP contribution in [0, 0.1) is 0 Å². The van der Waals surface area contributed by atoms with Crippen LogP contribution in [0.25, 0.3) is 0 Å². The van der Waals surface area contributed by atoms with E-state index in [0.717, 1.165) is 5.69 Å². The number of nitrogens with one attached hydrogen (secondary N) is 1. The van der Waals surface area contributed by atoms with Gasteiger partial charge in [-0.25, -0.2) is 0 Å². The Kier molecular flexibility index (Phi) is 2.04. The van der Waals surface area contributed by atoms with Crippen LogP contribution in [-0.4, -0.2) is 16.2 Å². The molecular weight excluding hydrogens is 162 g/mol. The largest absolute Gasteiger partial charge is 0.304 e. The molecule has 1 aliphatic rings. The van der Waals surface area contributed by atoms with Crippen molar-refractivity contribution in [2.45, 2.75) is 38.3 Å². The van der Waals surface area contributed by atoms with Gasteiger partial charge in [-0.1, -0.05) is 0 Å². The molecule has 0 atom stereocenters. The SMILES string of the molecule is CC(C)NC1(c2cccnn2)CC1. The Labute approximate surface area is 78.6 Å². The van der Waals surface area contributed by atoms with E-state index in [0.29, 0.717) is 6.04 Å². The van der Waals surface area contributed by atoms with Crippen molar-refractivity contribution < 1.29 is 0 Å². The summed E-state index contributed by atoms with van der Waals surface area (Å²) >= 11 is 0.